The van der Waals surface area contributed by atoms with Crippen molar-refractivity contribution < 1.29 is 0 Å². The maximum Gasteiger partial charge on any atom is 0.189 e. The Balaban J connectivity index is 1.87. The molecule has 5 heteroatoms. The van der Waals surface area contributed by atoms with Gasteiger partial charge in [0.15, 0.2) is 10.2 Å². The van der Waals surface area contributed by atoms with E-state index in [0.717, 1.165) is 10.8 Å². The number of hydrogen-bond acceptors (Lipinski definition) is 3. The van der Waals surface area contributed by atoms with E-state index in [2.05, 4.69) is 53.9 Å². The highest BCUT2D eigenvalue weighted by Crippen LogP contribution is 2.26. The van der Waals surface area contributed by atoms with Gasteiger partial charge in [0, 0.05) is 17.3 Å². The minimum Gasteiger partial charge on any atom is -0.358 e. The van der Waals surface area contributed by atoms with Crippen LogP contribution in [-0.4, -0.2) is 10.1 Å². The predicted molar refractivity (Wildman–Crippen MR) is 90.3 cm³/mol. The minimum absolute atomic E-state index is 0.0650. The lowest BCUT2D eigenvalue weighted by Gasteiger charge is -2.14. The number of nitrogens with one attached hydrogen (secondary N) is 2. The van der Waals surface area contributed by atoms with Crippen LogP contribution in [0.3, 0.4) is 0 Å². The molecule has 1 heterocycles. The monoisotopic (exact) mass is 305 g/mol. The first kappa shape index (κ1) is 14.9. The summed E-state index contributed by atoms with van der Waals surface area (Å²) in [6.45, 7) is 7.16. The smallest absolute Gasteiger partial charge is 0.189 e. The second kappa shape index (κ2) is 6.33. The number of rotatable bonds is 3. The summed E-state index contributed by atoms with van der Waals surface area (Å²) in [6, 6.07) is 10.2. The molecule has 0 aliphatic heterocycles. The lowest BCUT2D eigenvalue weighted by molar-refractivity contribution is 0.573. The van der Waals surface area contributed by atoms with Crippen LogP contribution in [0.2, 0.25) is 0 Å². The van der Waals surface area contributed by atoms with Crippen molar-refractivity contribution in [2.75, 3.05) is 5.32 Å². The summed E-state index contributed by atoms with van der Waals surface area (Å²) in [4.78, 5) is 4.56. The van der Waals surface area contributed by atoms with Gasteiger partial charge in [-0.05, 0) is 17.8 Å². The van der Waals surface area contributed by atoms with E-state index in [4.69, 9.17) is 12.2 Å². The Kier molecular flexibility index (Phi) is 4.73. The second-order valence-corrected chi connectivity index (χ2v) is 6.85. The highest BCUT2D eigenvalue weighted by atomic mass is 32.1. The molecule has 0 amide bonds. The number of aromatic nitrogens is 1. The van der Waals surface area contributed by atoms with E-state index in [9.17, 15) is 0 Å². The van der Waals surface area contributed by atoms with E-state index in [-0.39, 0.29) is 5.41 Å². The fraction of sp³-hybridized carbons (Fsp3) is 0.333. The predicted octanol–water partition coefficient (Wildman–Crippen LogP) is 3.93. The largest absolute Gasteiger partial charge is 0.358 e. The zero-order valence-corrected chi connectivity index (χ0v) is 13.6. The van der Waals surface area contributed by atoms with Crippen molar-refractivity contribution in [1.29, 1.82) is 0 Å². The van der Waals surface area contributed by atoms with E-state index in [1.807, 2.05) is 18.2 Å². The lowest BCUT2D eigenvalue weighted by atomic mass is 9.93. The Morgan fingerprint density at radius 1 is 1.25 bits per heavy atom. The van der Waals surface area contributed by atoms with Gasteiger partial charge in [0.05, 0.1) is 5.69 Å². The number of thiocarbonyl (C=S) groups is 1. The highest BCUT2D eigenvalue weighted by molar-refractivity contribution is 7.80. The van der Waals surface area contributed by atoms with Gasteiger partial charge in [0.2, 0.25) is 0 Å². The van der Waals surface area contributed by atoms with Crippen LogP contribution in [0.25, 0.3) is 0 Å². The molecular formula is C15H19N3S2. The molecular weight excluding hydrogens is 286 g/mol. The molecule has 1 aromatic heterocycles. The van der Waals surface area contributed by atoms with Crippen molar-refractivity contribution in [3.63, 3.8) is 0 Å². The van der Waals surface area contributed by atoms with Crippen molar-refractivity contribution >= 4 is 33.8 Å². The van der Waals surface area contributed by atoms with Crippen LogP contribution in [-0.2, 0) is 12.0 Å². The first-order valence-corrected chi connectivity index (χ1v) is 7.79. The van der Waals surface area contributed by atoms with Gasteiger partial charge in [-0.25, -0.2) is 4.98 Å². The molecule has 0 unspecified atom stereocenters. The standard InChI is InChI=1S/C15H19N3S2/c1-15(2,3)12-10-20-14(17-12)18-13(19)16-9-11-7-5-4-6-8-11/h4-8,10H,9H2,1-3H3,(H2,16,17,18,19). The molecule has 2 N–H and O–H groups in total. The second-order valence-electron chi connectivity index (χ2n) is 5.58. The molecule has 0 bridgehead atoms. The molecule has 0 aliphatic rings. The zero-order chi connectivity index (χ0) is 14.6. The topological polar surface area (TPSA) is 37.0 Å². The Hall–Kier alpha value is -1.46. The molecule has 3 nitrogen and oxygen atoms in total. The molecule has 0 atom stereocenters. The number of thiazole rings is 1. The SMILES string of the molecule is CC(C)(C)c1csc(NC(=S)NCc2ccccc2)n1. The van der Waals surface area contributed by atoms with Crippen LogP contribution in [0.5, 0.6) is 0 Å². The summed E-state index contributed by atoms with van der Waals surface area (Å²) in [5, 5.41) is 9.82. The quantitative estimate of drug-likeness (QED) is 0.843. The first-order chi connectivity index (χ1) is 9.45. The summed E-state index contributed by atoms with van der Waals surface area (Å²) in [7, 11) is 0. The van der Waals surface area contributed by atoms with Gasteiger partial charge in [0.25, 0.3) is 0 Å². The minimum atomic E-state index is 0.0650. The van der Waals surface area contributed by atoms with Crippen LogP contribution in [0.4, 0.5) is 5.13 Å². The van der Waals surface area contributed by atoms with Crippen LogP contribution < -0.4 is 10.6 Å². The molecule has 1 aromatic carbocycles. The molecule has 0 fully saturated rings. The van der Waals surface area contributed by atoms with Crippen molar-refractivity contribution in [3.05, 3.63) is 47.0 Å². The fourth-order valence-electron chi connectivity index (χ4n) is 1.60. The molecule has 0 aliphatic carbocycles. The third-order valence-corrected chi connectivity index (χ3v) is 3.79. The summed E-state index contributed by atoms with van der Waals surface area (Å²) in [5.41, 5.74) is 2.34. The normalized spacial score (nSPS) is 11.2. The van der Waals surface area contributed by atoms with Gasteiger partial charge in [-0.1, -0.05) is 51.1 Å². The molecule has 0 radical (unpaired) electrons. The van der Waals surface area contributed by atoms with E-state index >= 15 is 0 Å². The Morgan fingerprint density at radius 2 is 1.95 bits per heavy atom. The van der Waals surface area contributed by atoms with E-state index in [1.165, 1.54) is 5.56 Å². The van der Waals surface area contributed by atoms with Gasteiger partial charge < -0.3 is 10.6 Å². The van der Waals surface area contributed by atoms with Crippen LogP contribution in [0.15, 0.2) is 35.7 Å². The van der Waals surface area contributed by atoms with Gasteiger partial charge in [-0.2, -0.15) is 0 Å². The molecule has 106 valence electrons. The van der Waals surface area contributed by atoms with Crippen molar-refractivity contribution in [2.24, 2.45) is 0 Å². The van der Waals surface area contributed by atoms with Crippen LogP contribution in [0.1, 0.15) is 32.0 Å². The number of anilines is 1. The Bertz CT molecular complexity index is 570. The molecule has 20 heavy (non-hydrogen) atoms. The summed E-state index contributed by atoms with van der Waals surface area (Å²) < 4.78 is 0. The summed E-state index contributed by atoms with van der Waals surface area (Å²) in [6.07, 6.45) is 0. The average Bonchev–Trinajstić information content (AvgIpc) is 2.86. The molecule has 0 saturated carbocycles. The summed E-state index contributed by atoms with van der Waals surface area (Å²) in [5.74, 6) is 0. The lowest BCUT2D eigenvalue weighted by Crippen LogP contribution is -2.27. The van der Waals surface area contributed by atoms with Gasteiger partial charge in [-0.3, -0.25) is 0 Å². The van der Waals surface area contributed by atoms with E-state index in [1.54, 1.807) is 11.3 Å². The maximum absolute atomic E-state index is 5.28. The maximum atomic E-state index is 5.28. The van der Waals surface area contributed by atoms with Gasteiger partial charge in [0.1, 0.15) is 0 Å². The van der Waals surface area contributed by atoms with Crippen LogP contribution in [0, 0.1) is 0 Å². The first-order valence-electron chi connectivity index (χ1n) is 6.50. The third kappa shape index (κ3) is 4.28. The molecule has 0 spiro atoms. The Labute approximate surface area is 129 Å². The van der Waals surface area contributed by atoms with Crippen molar-refractivity contribution in [1.82, 2.24) is 10.3 Å². The molecule has 2 rings (SSSR count). The summed E-state index contributed by atoms with van der Waals surface area (Å²) >= 11 is 6.86. The number of hydrogen-bond donors (Lipinski definition) is 2. The third-order valence-electron chi connectivity index (χ3n) is 2.79. The molecule has 2 aromatic rings. The number of benzene rings is 1. The average molecular weight is 305 g/mol. The van der Waals surface area contributed by atoms with Crippen LogP contribution >= 0.6 is 23.6 Å². The van der Waals surface area contributed by atoms with Crippen molar-refractivity contribution in [2.45, 2.75) is 32.7 Å². The van der Waals surface area contributed by atoms with E-state index < -0.39 is 0 Å². The zero-order valence-electron chi connectivity index (χ0n) is 11.9. The van der Waals surface area contributed by atoms with Crippen molar-refractivity contribution in [3.8, 4) is 0 Å². The highest BCUT2D eigenvalue weighted by Gasteiger charge is 2.17. The fourth-order valence-corrected chi connectivity index (χ4v) is 2.77. The van der Waals surface area contributed by atoms with Gasteiger partial charge >= 0.3 is 0 Å². The molecule has 0 saturated heterocycles. The van der Waals surface area contributed by atoms with E-state index in [0.29, 0.717) is 11.7 Å². The van der Waals surface area contributed by atoms with Gasteiger partial charge in [-0.15, -0.1) is 11.3 Å². The number of nitrogens with zero attached hydrogens (tertiary/aromatic N) is 1. The Morgan fingerprint density at radius 3 is 2.55 bits per heavy atom.